The summed E-state index contributed by atoms with van der Waals surface area (Å²) in [4.78, 5) is 11.9. The van der Waals surface area contributed by atoms with Gasteiger partial charge in [-0.1, -0.05) is 0 Å². The number of nitrogens with zero attached hydrogens (tertiary/aromatic N) is 2. The minimum absolute atomic E-state index is 0.123. The normalized spacial score (nSPS) is 13.9. The molecule has 1 aromatic heterocycles. The van der Waals surface area contributed by atoms with Crippen LogP contribution < -0.4 is 10.6 Å². The SMILES string of the molecule is CNCC(=O)Nc1nnc(-c2ccc(C(F)(F)F)cc2O)c2c1CCCC2. The van der Waals surface area contributed by atoms with Crippen LogP contribution in [0.25, 0.3) is 11.3 Å². The molecule has 144 valence electrons. The highest BCUT2D eigenvalue weighted by Gasteiger charge is 2.32. The Morgan fingerprint density at radius 3 is 2.52 bits per heavy atom. The zero-order valence-corrected chi connectivity index (χ0v) is 14.7. The van der Waals surface area contributed by atoms with Gasteiger partial charge in [-0.2, -0.15) is 13.2 Å². The third kappa shape index (κ3) is 4.02. The Balaban J connectivity index is 2.03. The Kier molecular flexibility index (Phi) is 5.31. The molecular weight excluding hydrogens is 361 g/mol. The van der Waals surface area contributed by atoms with Gasteiger partial charge in [0.15, 0.2) is 5.82 Å². The number of rotatable bonds is 4. The summed E-state index contributed by atoms with van der Waals surface area (Å²) in [5.41, 5.74) is 1.23. The van der Waals surface area contributed by atoms with E-state index < -0.39 is 17.5 Å². The molecule has 0 saturated heterocycles. The van der Waals surface area contributed by atoms with E-state index in [2.05, 4.69) is 20.8 Å². The molecule has 0 fully saturated rings. The minimum Gasteiger partial charge on any atom is -0.507 e. The van der Waals surface area contributed by atoms with Crippen molar-refractivity contribution in [3.8, 4) is 17.0 Å². The van der Waals surface area contributed by atoms with Crippen LogP contribution in [0, 0.1) is 0 Å². The minimum atomic E-state index is -4.54. The summed E-state index contributed by atoms with van der Waals surface area (Å²) >= 11 is 0. The van der Waals surface area contributed by atoms with Crippen LogP contribution >= 0.6 is 0 Å². The molecule has 0 saturated carbocycles. The Labute approximate surface area is 153 Å². The van der Waals surface area contributed by atoms with Gasteiger partial charge >= 0.3 is 6.18 Å². The second kappa shape index (κ2) is 7.51. The van der Waals surface area contributed by atoms with Gasteiger partial charge in [0, 0.05) is 11.1 Å². The third-order valence-corrected chi connectivity index (χ3v) is 4.46. The van der Waals surface area contributed by atoms with E-state index in [4.69, 9.17) is 0 Å². The number of carbonyl (C=O) groups is 1. The van der Waals surface area contributed by atoms with Gasteiger partial charge < -0.3 is 15.7 Å². The lowest BCUT2D eigenvalue weighted by Gasteiger charge is -2.21. The number of amides is 1. The van der Waals surface area contributed by atoms with Gasteiger partial charge in [0.05, 0.1) is 12.1 Å². The summed E-state index contributed by atoms with van der Waals surface area (Å²) < 4.78 is 38.5. The Morgan fingerprint density at radius 1 is 1.19 bits per heavy atom. The van der Waals surface area contributed by atoms with E-state index in [0.717, 1.165) is 30.0 Å². The predicted octanol–water partition coefficient (Wildman–Crippen LogP) is 2.90. The van der Waals surface area contributed by atoms with Crippen molar-refractivity contribution in [3.05, 3.63) is 34.9 Å². The molecule has 0 unspecified atom stereocenters. The first-order valence-electron chi connectivity index (χ1n) is 8.54. The largest absolute Gasteiger partial charge is 0.507 e. The number of fused-ring (bicyclic) bond motifs is 1. The monoisotopic (exact) mass is 380 g/mol. The summed E-state index contributed by atoms with van der Waals surface area (Å²) in [7, 11) is 1.65. The maximum Gasteiger partial charge on any atom is 0.416 e. The van der Waals surface area contributed by atoms with E-state index in [1.165, 1.54) is 6.07 Å². The summed E-state index contributed by atoms with van der Waals surface area (Å²) in [5, 5.41) is 23.8. The Morgan fingerprint density at radius 2 is 1.89 bits per heavy atom. The Hall–Kier alpha value is -2.68. The van der Waals surface area contributed by atoms with Crippen molar-refractivity contribution < 1.29 is 23.1 Å². The summed E-state index contributed by atoms with van der Waals surface area (Å²) in [6.45, 7) is 0.123. The number of alkyl halides is 3. The van der Waals surface area contributed by atoms with Gasteiger partial charge in [-0.15, -0.1) is 10.2 Å². The molecule has 0 bridgehead atoms. The van der Waals surface area contributed by atoms with Gasteiger partial charge in [-0.25, -0.2) is 0 Å². The number of phenols is 1. The van der Waals surface area contributed by atoms with E-state index in [0.29, 0.717) is 30.4 Å². The molecular formula is C18H19F3N4O2. The van der Waals surface area contributed by atoms with Gasteiger partial charge in [0.2, 0.25) is 5.91 Å². The number of nitrogens with one attached hydrogen (secondary N) is 2. The van der Waals surface area contributed by atoms with Crippen LogP contribution in [0.3, 0.4) is 0 Å². The number of likely N-dealkylation sites (N-methyl/N-ethyl adjacent to an activating group) is 1. The molecule has 27 heavy (non-hydrogen) atoms. The molecule has 0 atom stereocenters. The molecule has 6 nitrogen and oxygen atoms in total. The lowest BCUT2D eigenvalue weighted by molar-refractivity contribution is -0.137. The fourth-order valence-corrected chi connectivity index (χ4v) is 3.21. The van der Waals surface area contributed by atoms with Crippen LogP contribution in [0.5, 0.6) is 5.75 Å². The molecule has 3 rings (SSSR count). The quantitative estimate of drug-likeness (QED) is 0.759. The summed E-state index contributed by atoms with van der Waals surface area (Å²) in [5.74, 6) is -0.399. The number of phenolic OH excluding ortho intramolecular Hbond substituents is 1. The van der Waals surface area contributed by atoms with E-state index in [-0.39, 0.29) is 18.0 Å². The van der Waals surface area contributed by atoms with E-state index in [1.807, 2.05) is 0 Å². The smallest absolute Gasteiger partial charge is 0.416 e. The first-order chi connectivity index (χ1) is 12.8. The topological polar surface area (TPSA) is 87.1 Å². The fraction of sp³-hybridized carbons (Fsp3) is 0.389. The van der Waals surface area contributed by atoms with Crippen molar-refractivity contribution >= 4 is 11.7 Å². The second-order valence-electron chi connectivity index (χ2n) is 6.37. The van der Waals surface area contributed by atoms with Crippen LogP contribution in [-0.2, 0) is 23.8 Å². The number of hydrogen-bond donors (Lipinski definition) is 3. The zero-order valence-electron chi connectivity index (χ0n) is 14.7. The molecule has 1 heterocycles. The van der Waals surface area contributed by atoms with Crippen molar-refractivity contribution in [3.63, 3.8) is 0 Å². The molecule has 0 aliphatic heterocycles. The molecule has 1 amide bonds. The third-order valence-electron chi connectivity index (χ3n) is 4.46. The summed E-state index contributed by atoms with van der Waals surface area (Å²) in [6.07, 6.45) is -1.42. The van der Waals surface area contributed by atoms with Crippen molar-refractivity contribution in [2.75, 3.05) is 18.9 Å². The number of aromatic hydroxyl groups is 1. The zero-order chi connectivity index (χ0) is 19.6. The van der Waals surface area contributed by atoms with Gasteiger partial charge in [0.25, 0.3) is 0 Å². The van der Waals surface area contributed by atoms with Crippen molar-refractivity contribution in [1.29, 1.82) is 0 Å². The van der Waals surface area contributed by atoms with Crippen LogP contribution in [0.2, 0.25) is 0 Å². The van der Waals surface area contributed by atoms with Crippen molar-refractivity contribution in [2.24, 2.45) is 0 Å². The predicted molar refractivity (Wildman–Crippen MR) is 93.3 cm³/mol. The lowest BCUT2D eigenvalue weighted by Crippen LogP contribution is -2.27. The van der Waals surface area contributed by atoms with Crippen LogP contribution in [0.15, 0.2) is 18.2 Å². The van der Waals surface area contributed by atoms with Gasteiger partial charge in [0.1, 0.15) is 11.4 Å². The highest BCUT2D eigenvalue weighted by atomic mass is 19.4. The highest BCUT2D eigenvalue weighted by molar-refractivity contribution is 5.92. The van der Waals surface area contributed by atoms with Crippen LogP contribution in [0.1, 0.15) is 29.5 Å². The van der Waals surface area contributed by atoms with E-state index >= 15 is 0 Å². The number of carbonyl (C=O) groups excluding carboxylic acids is 1. The number of benzene rings is 1. The molecule has 2 aromatic rings. The number of aromatic nitrogens is 2. The molecule has 0 spiro atoms. The molecule has 1 aliphatic carbocycles. The molecule has 1 aromatic carbocycles. The van der Waals surface area contributed by atoms with E-state index in [9.17, 15) is 23.1 Å². The molecule has 1 aliphatic rings. The highest BCUT2D eigenvalue weighted by Crippen LogP contribution is 2.39. The van der Waals surface area contributed by atoms with Crippen molar-refractivity contribution in [2.45, 2.75) is 31.9 Å². The molecule has 9 heteroatoms. The van der Waals surface area contributed by atoms with Gasteiger partial charge in [-0.05, 0) is 56.5 Å². The summed E-state index contributed by atoms with van der Waals surface area (Å²) in [6, 6.07) is 2.81. The van der Waals surface area contributed by atoms with E-state index in [1.54, 1.807) is 7.05 Å². The van der Waals surface area contributed by atoms with Crippen molar-refractivity contribution in [1.82, 2.24) is 15.5 Å². The fourth-order valence-electron chi connectivity index (χ4n) is 3.21. The first-order valence-corrected chi connectivity index (χ1v) is 8.54. The lowest BCUT2D eigenvalue weighted by atomic mass is 9.89. The number of hydrogen-bond acceptors (Lipinski definition) is 5. The second-order valence-corrected chi connectivity index (χ2v) is 6.37. The number of anilines is 1. The first kappa shape index (κ1) is 19.1. The van der Waals surface area contributed by atoms with Crippen LogP contribution in [0.4, 0.5) is 19.0 Å². The van der Waals surface area contributed by atoms with Crippen LogP contribution in [-0.4, -0.2) is 34.8 Å². The molecule has 0 radical (unpaired) electrons. The number of halogens is 3. The van der Waals surface area contributed by atoms with Gasteiger partial charge in [-0.3, -0.25) is 4.79 Å². The maximum atomic E-state index is 12.8. The maximum absolute atomic E-state index is 12.8. The average molecular weight is 380 g/mol. The average Bonchev–Trinajstić information content (AvgIpc) is 2.62. The standard InChI is InChI=1S/C18H19F3N4O2/c1-22-9-15(27)23-17-12-5-3-2-4-11(12)16(24-25-17)13-7-6-10(8-14(13)26)18(19,20)21/h6-8,22,26H,2-5,9H2,1H3,(H,23,25,27). The molecule has 3 N–H and O–H groups in total. The Bertz CT molecular complexity index is 868.